The molecule has 3 aliphatic carbocycles. The highest BCUT2D eigenvalue weighted by atomic mass is 14.2. The predicted molar refractivity (Wildman–Crippen MR) is 121 cm³/mol. The molecule has 4 rings (SSSR count). The molecule has 0 heteroatoms. The quantitative estimate of drug-likeness (QED) is 0.434. The number of allylic oxidation sites excluding steroid dienone is 2. The minimum Gasteiger partial charge on any atom is -0.0854 e. The fraction of sp³-hybridized carbons (Fsp3) is 0.704. The van der Waals surface area contributed by atoms with Gasteiger partial charge < -0.3 is 0 Å². The van der Waals surface area contributed by atoms with Crippen LogP contribution in [0, 0.1) is 23.7 Å². The van der Waals surface area contributed by atoms with Crippen molar-refractivity contribution in [2.24, 2.45) is 23.7 Å². The Bertz CT molecular complexity index is 490. The first-order chi connectivity index (χ1) is 13.0. The van der Waals surface area contributed by atoms with Crippen molar-refractivity contribution >= 4 is 0 Å². The van der Waals surface area contributed by atoms with Crippen molar-refractivity contribution < 1.29 is 0 Å². The van der Waals surface area contributed by atoms with E-state index in [2.05, 4.69) is 70.2 Å². The molecule has 0 N–H and O–H groups in total. The zero-order valence-corrected chi connectivity index (χ0v) is 18.5. The molecule has 0 bridgehead atoms. The van der Waals surface area contributed by atoms with Crippen LogP contribution in [0.15, 0.2) is 42.5 Å². The fourth-order valence-electron chi connectivity index (χ4n) is 5.02. The molecule has 2 saturated carbocycles. The van der Waals surface area contributed by atoms with E-state index in [1.165, 1.54) is 64.2 Å². The number of hydrogen-bond acceptors (Lipinski definition) is 0. The van der Waals surface area contributed by atoms with E-state index in [4.69, 9.17) is 0 Å². The van der Waals surface area contributed by atoms with Crippen molar-refractivity contribution in [2.45, 2.75) is 97.8 Å². The molecule has 2 fully saturated rings. The number of rotatable bonds is 1. The maximum atomic E-state index is 2.37. The molecular formula is C27H44. The Morgan fingerprint density at radius 1 is 0.593 bits per heavy atom. The van der Waals surface area contributed by atoms with Crippen LogP contribution in [0.5, 0.6) is 0 Å². The topological polar surface area (TPSA) is 0 Å². The first-order valence-corrected chi connectivity index (χ1v) is 11.8. The summed E-state index contributed by atoms with van der Waals surface area (Å²) < 4.78 is 0. The maximum Gasteiger partial charge on any atom is -0.0162 e. The second-order valence-corrected chi connectivity index (χ2v) is 9.70. The van der Waals surface area contributed by atoms with E-state index in [0.29, 0.717) is 0 Å². The van der Waals surface area contributed by atoms with Crippen LogP contribution in [0.2, 0.25) is 0 Å². The lowest BCUT2D eigenvalue weighted by molar-refractivity contribution is 0.301. The Morgan fingerprint density at radius 3 is 1.56 bits per heavy atom. The molecule has 152 valence electrons. The van der Waals surface area contributed by atoms with Crippen LogP contribution in [0.4, 0.5) is 0 Å². The van der Waals surface area contributed by atoms with E-state index in [1.54, 1.807) is 5.56 Å². The van der Waals surface area contributed by atoms with E-state index < -0.39 is 0 Å². The molecule has 0 spiro atoms. The third-order valence-corrected chi connectivity index (χ3v) is 6.59. The monoisotopic (exact) mass is 368 g/mol. The highest BCUT2D eigenvalue weighted by molar-refractivity contribution is 5.19. The van der Waals surface area contributed by atoms with E-state index in [0.717, 1.165) is 29.6 Å². The van der Waals surface area contributed by atoms with Crippen LogP contribution in [0.25, 0.3) is 0 Å². The van der Waals surface area contributed by atoms with Crippen molar-refractivity contribution in [3.05, 3.63) is 48.0 Å². The Labute approximate surface area is 169 Å². The lowest BCUT2D eigenvalue weighted by atomic mass is 9.84. The molecule has 4 atom stereocenters. The largest absolute Gasteiger partial charge is 0.0854 e. The average Bonchev–Trinajstić information content (AvgIpc) is 3.07. The van der Waals surface area contributed by atoms with Crippen molar-refractivity contribution in [3.8, 4) is 0 Å². The number of hydrogen-bond donors (Lipinski definition) is 0. The molecule has 1 aromatic carbocycles. The molecule has 0 aliphatic heterocycles. The summed E-state index contributed by atoms with van der Waals surface area (Å²) in [5.41, 5.74) is 1.55. The zero-order chi connectivity index (χ0) is 19.5. The Kier molecular flexibility index (Phi) is 10.2. The van der Waals surface area contributed by atoms with Gasteiger partial charge in [0.2, 0.25) is 0 Å². The molecular weight excluding hydrogens is 324 g/mol. The van der Waals surface area contributed by atoms with Gasteiger partial charge in [-0.3, -0.25) is 0 Å². The molecule has 3 aliphatic rings. The van der Waals surface area contributed by atoms with E-state index in [-0.39, 0.29) is 0 Å². The Morgan fingerprint density at radius 2 is 1.15 bits per heavy atom. The average molecular weight is 369 g/mol. The van der Waals surface area contributed by atoms with Gasteiger partial charge in [0, 0.05) is 0 Å². The van der Waals surface area contributed by atoms with Gasteiger partial charge in [0.1, 0.15) is 0 Å². The highest BCUT2D eigenvalue weighted by Crippen LogP contribution is 2.32. The standard InChI is InChI=1S/C12H16.C8H16.C7H12/c1-3-7-11(8-4-1)12-9-5-2-6-10-12;1-7-4-3-5-8(2)6-7;1-6-3-4-7(2)5-6/h1,3-4,7-8,12H,2,5-6,9-10H2;7-8H,3-6H2,1-2H3;3-4,6-7H,5H2,1-2H3. The summed E-state index contributed by atoms with van der Waals surface area (Å²) in [4.78, 5) is 0. The van der Waals surface area contributed by atoms with Gasteiger partial charge in [-0.25, -0.2) is 0 Å². The van der Waals surface area contributed by atoms with E-state index in [1.807, 2.05) is 0 Å². The summed E-state index contributed by atoms with van der Waals surface area (Å²) >= 11 is 0. The predicted octanol–water partition coefficient (Wildman–Crippen LogP) is 8.79. The summed E-state index contributed by atoms with van der Waals surface area (Å²) in [6.45, 7) is 9.27. The van der Waals surface area contributed by atoms with Gasteiger partial charge in [-0.2, -0.15) is 0 Å². The van der Waals surface area contributed by atoms with Crippen LogP contribution >= 0.6 is 0 Å². The van der Waals surface area contributed by atoms with Crippen molar-refractivity contribution in [1.82, 2.24) is 0 Å². The van der Waals surface area contributed by atoms with Gasteiger partial charge in [0.05, 0.1) is 0 Å². The van der Waals surface area contributed by atoms with E-state index in [9.17, 15) is 0 Å². The van der Waals surface area contributed by atoms with Crippen LogP contribution in [-0.2, 0) is 0 Å². The van der Waals surface area contributed by atoms with Gasteiger partial charge in [-0.05, 0) is 60.8 Å². The molecule has 0 radical (unpaired) electrons. The first kappa shape index (κ1) is 22.3. The van der Waals surface area contributed by atoms with Gasteiger partial charge in [-0.1, -0.05) is 109 Å². The minimum absolute atomic E-state index is 0.843. The van der Waals surface area contributed by atoms with Crippen molar-refractivity contribution in [3.63, 3.8) is 0 Å². The molecule has 27 heavy (non-hydrogen) atoms. The summed E-state index contributed by atoms with van der Waals surface area (Å²) in [5, 5.41) is 0. The molecule has 1 aromatic rings. The molecule has 0 aromatic heterocycles. The highest BCUT2D eigenvalue weighted by Gasteiger charge is 2.14. The Hall–Kier alpha value is -1.04. The van der Waals surface area contributed by atoms with Crippen LogP contribution < -0.4 is 0 Å². The van der Waals surface area contributed by atoms with Gasteiger partial charge in [-0.15, -0.1) is 0 Å². The third-order valence-electron chi connectivity index (χ3n) is 6.59. The first-order valence-electron chi connectivity index (χ1n) is 11.8. The number of benzene rings is 1. The molecule has 0 saturated heterocycles. The van der Waals surface area contributed by atoms with E-state index >= 15 is 0 Å². The Balaban J connectivity index is 0.000000153. The van der Waals surface area contributed by atoms with Crippen LogP contribution in [-0.4, -0.2) is 0 Å². The van der Waals surface area contributed by atoms with Gasteiger partial charge in [0.25, 0.3) is 0 Å². The summed E-state index contributed by atoms with van der Waals surface area (Å²) in [6, 6.07) is 11.0. The van der Waals surface area contributed by atoms with Gasteiger partial charge >= 0.3 is 0 Å². The van der Waals surface area contributed by atoms with Crippen molar-refractivity contribution in [1.29, 1.82) is 0 Å². The second kappa shape index (κ2) is 12.4. The maximum absolute atomic E-state index is 2.37. The summed E-state index contributed by atoms with van der Waals surface area (Å²) in [6.07, 6.45) is 19.0. The second-order valence-electron chi connectivity index (χ2n) is 9.70. The SMILES string of the molecule is CC1C=CC(C)C1.CC1CCCC(C)C1.c1ccc(C2CCCCC2)cc1. The summed E-state index contributed by atoms with van der Waals surface area (Å²) in [7, 11) is 0. The summed E-state index contributed by atoms with van der Waals surface area (Å²) in [5.74, 6) is 4.57. The lowest BCUT2D eigenvalue weighted by Crippen LogP contribution is -2.09. The minimum atomic E-state index is 0.843. The normalized spacial score (nSPS) is 30.7. The lowest BCUT2D eigenvalue weighted by Gasteiger charge is -2.22. The smallest absolute Gasteiger partial charge is 0.0162 e. The van der Waals surface area contributed by atoms with Gasteiger partial charge in [0.15, 0.2) is 0 Å². The van der Waals surface area contributed by atoms with Crippen LogP contribution in [0.3, 0.4) is 0 Å². The molecule has 0 amide bonds. The molecule has 0 heterocycles. The van der Waals surface area contributed by atoms with Crippen LogP contribution in [0.1, 0.15) is 103 Å². The fourth-order valence-corrected chi connectivity index (χ4v) is 5.02. The zero-order valence-electron chi connectivity index (χ0n) is 18.5. The van der Waals surface area contributed by atoms with Crippen molar-refractivity contribution in [2.75, 3.05) is 0 Å². The molecule has 4 unspecified atom stereocenters. The molecule has 0 nitrogen and oxygen atoms in total. The third kappa shape index (κ3) is 9.13.